The molecular formula is C11H18N2O2. The third-order valence-electron chi connectivity index (χ3n) is 3.13. The van der Waals surface area contributed by atoms with Gasteiger partial charge >= 0.3 is 0 Å². The Morgan fingerprint density at radius 2 is 2.27 bits per heavy atom. The molecule has 1 aliphatic rings. The van der Waals surface area contributed by atoms with Crippen molar-refractivity contribution in [2.24, 2.45) is 0 Å². The van der Waals surface area contributed by atoms with Gasteiger partial charge in [0.2, 0.25) is 0 Å². The number of methoxy groups -OCH3 is 1. The summed E-state index contributed by atoms with van der Waals surface area (Å²) in [6.45, 7) is 3.95. The van der Waals surface area contributed by atoms with Gasteiger partial charge in [0.15, 0.2) is 0 Å². The predicted molar refractivity (Wildman–Crippen MR) is 56.8 cm³/mol. The molecule has 15 heavy (non-hydrogen) atoms. The van der Waals surface area contributed by atoms with E-state index in [1.54, 1.807) is 7.11 Å². The van der Waals surface area contributed by atoms with Gasteiger partial charge in [0, 0.05) is 19.6 Å². The van der Waals surface area contributed by atoms with E-state index in [9.17, 15) is 0 Å². The highest BCUT2D eigenvalue weighted by Crippen LogP contribution is 2.26. The van der Waals surface area contributed by atoms with E-state index in [1.807, 2.05) is 13.0 Å². The van der Waals surface area contributed by atoms with E-state index in [-0.39, 0.29) is 5.60 Å². The second-order valence-corrected chi connectivity index (χ2v) is 4.24. The van der Waals surface area contributed by atoms with Crippen LogP contribution >= 0.6 is 0 Å². The van der Waals surface area contributed by atoms with Crippen LogP contribution in [0.3, 0.4) is 0 Å². The van der Waals surface area contributed by atoms with Crippen molar-refractivity contribution in [2.45, 2.75) is 31.8 Å². The standard InChI is InChI=1S/C11H18N2O2/c1-9-7-10(13-15-9)8-11(14-2)3-5-12-6-4-11/h7,12H,3-6,8H2,1-2H3. The van der Waals surface area contributed by atoms with Crippen LogP contribution < -0.4 is 5.32 Å². The molecule has 2 heterocycles. The summed E-state index contributed by atoms with van der Waals surface area (Å²) in [5, 5.41) is 7.37. The molecule has 1 saturated heterocycles. The van der Waals surface area contributed by atoms with Gasteiger partial charge in [0.05, 0.1) is 11.3 Å². The van der Waals surface area contributed by atoms with Gasteiger partial charge in [-0.2, -0.15) is 0 Å². The third-order valence-corrected chi connectivity index (χ3v) is 3.13. The van der Waals surface area contributed by atoms with E-state index in [0.717, 1.165) is 43.8 Å². The highest BCUT2D eigenvalue weighted by Gasteiger charge is 2.32. The highest BCUT2D eigenvalue weighted by atomic mass is 16.5. The zero-order valence-electron chi connectivity index (χ0n) is 9.38. The normalized spacial score (nSPS) is 20.4. The largest absolute Gasteiger partial charge is 0.378 e. The van der Waals surface area contributed by atoms with E-state index in [4.69, 9.17) is 9.26 Å². The van der Waals surface area contributed by atoms with Crippen molar-refractivity contribution >= 4 is 0 Å². The monoisotopic (exact) mass is 210 g/mol. The summed E-state index contributed by atoms with van der Waals surface area (Å²) in [4.78, 5) is 0. The second kappa shape index (κ2) is 4.33. The molecule has 0 radical (unpaired) electrons. The molecule has 0 bridgehead atoms. The van der Waals surface area contributed by atoms with Gasteiger partial charge in [-0.15, -0.1) is 0 Å². The van der Waals surface area contributed by atoms with Crippen molar-refractivity contribution in [3.05, 3.63) is 17.5 Å². The molecule has 1 aromatic rings. The SMILES string of the molecule is COC1(Cc2cc(C)on2)CCNCC1. The molecule has 0 amide bonds. The Balaban J connectivity index is 2.06. The minimum atomic E-state index is -0.0471. The predicted octanol–water partition coefficient (Wildman–Crippen LogP) is 1.29. The van der Waals surface area contributed by atoms with Crippen LogP contribution in [0.25, 0.3) is 0 Å². The quantitative estimate of drug-likeness (QED) is 0.816. The van der Waals surface area contributed by atoms with E-state index in [0.29, 0.717) is 0 Å². The van der Waals surface area contributed by atoms with E-state index < -0.39 is 0 Å². The first-order chi connectivity index (χ1) is 7.24. The van der Waals surface area contributed by atoms with Crippen LogP contribution in [0.15, 0.2) is 10.6 Å². The maximum absolute atomic E-state index is 5.67. The number of nitrogens with one attached hydrogen (secondary N) is 1. The van der Waals surface area contributed by atoms with Crippen molar-refractivity contribution in [3.8, 4) is 0 Å². The lowest BCUT2D eigenvalue weighted by Crippen LogP contribution is -2.45. The Hall–Kier alpha value is -0.870. The summed E-state index contributed by atoms with van der Waals surface area (Å²) < 4.78 is 10.7. The number of aryl methyl sites for hydroxylation is 1. The number of ether oxygens (including phenoxy) is 1. The molecule has 0 aromatic carbocycles. The first kappa shape index (κ1) is 10.6. The summed E-state index contributed by atoms with van der Waals surface area (Å²) in [5.74, 6) is 0.866. The first-order valence-corrected chi connectivity index (χ1v) is 5.42. The molecule has 1 aromatic heterocycles. The van der Waals surface area contributed by atoms with Crippen molar-refractivity contribution in [1.82, 2.24) is 10.5 Å². The first-order valence-electron chi connectivity index (χ1n) is 5.42. The van der Waals surface area contributed by atoms with Gasteiger partial charge in [0.1, 0.15) is 5.76 Å². The molecule has 4 heteroatoms. The second-order valence-electron chi connectivity index (χ2n) is 4.24. The fraction of sp³-hybridized carbons (Fsp3) is 0.727. The van der Waals surface area contributed by atoms with Crippen LogP contribution in [0.4, 0.5) is 0 Å². The number of nitrogens with zero attached hydrogens (tertiary/aromatic N) is 1. The molecule has 0 aliphatic carbocycles. The molecule has 1 aliphatic heterocycles. The lowest BCUT2D eigenvalue weighted by Gasteiger charge is -2.35. The minimum absolute atomic E-state index is 0.0471. The van der Waals surface area contributed by atoms with Crippen molar-refractivity contribution in [2.75, 3.05) is 20.2 Å². The number of piperidine rings is 1. The molecule has 0 unspecified atom stereocenters. The van der Waals surface area contributed by atoms with E-state index in [2.05, 4.69) is 10.5 Å². The van der Waals surface area contributed by atoms with Crippen molar-refractivity contribution in [1.29, 1.82) is 0 Å². The van der Waals surface area contributed by atoms with Gasteiger partial charge in [-0.1, -0.05) is 5.16 Å². The Labute approximate surface area is 90.0 Å². The lowest BCUT2D eigenvalue weighted by molar-refractivity contribution is -0.0344. The van der Waals surface area contributed by atoms with E-state index >= 15 is 0 Å². The number of hydrogen-bond acceptors (Lipinski definition) is 4. The maximum Gasteiger partial charge on any atom is 0.133 e. The summed E-state index contributed by atoms with van der Waals surface area (Å²) in [5.41, 5.74) is 0.949. The number of aromatic nitrogens is 1. The van der Waals surface area contributed by atoms with Crippen molar-refractivity contribution in [3.63, 3.8) is 0 Å². The molecule has 84 valence electrons. The van der Waals surface area contributed by atoms with Gasteiger partial charge < -0.3 is 14.6 Å². The van der Waals surface area contributed by atoms with E-state index in [1.165, 1.54) is 0 Å². The Morgan fingerprint density at radius 3 is 2.80 bits per heavy atom. The van der Waals surface area contributed by atoms with Gasteiger partial charge in [-0.25, -0.2) is 0 Å². The van der Waals surface area contributed by atoms with Crippen LogP contribution in [-0.4, -0.2) is 31.0 Å². The fourth-order valence-electron chi connectivity index (χ4n) is 2.17. The molecule has 1 N–H and O–H groups in total. The molecule has 0 spiro atoms. The lowest BCUT2D eigenvalue weighted by atomic mass is 9.87. The smallest absolute Gasteiger partial charge is 0.133 e. The van der Waals surface area contributed by atoms with Crippen LogP contribution in [0.5, 0.6) is 0 Å². The van der Waals surface area contributed by atoms with Gasteiger partial charge in [-0.3, -0.25) is 0 Å². The highest BCUT2D eigenvalue weighted by molar-refractivity contribution is 5.08. The van der Waals surface area contributed by atoms with Crippen LogP contribution in [0, 0.1) is 6.92 Å². The van der Waals surface area contributed by atoms with Gasteiger partial charge in [0.25, 0.3) is 0 Å². The van der Waals surface area contributed by atoms with Crippen LogP contribution in [0.1, 0.15) is 24.3 Å². The summed E-state index contributed by atoms with van der Waals surface area (Å²) in [6.07, 6.45) is 2.92. The fourth-order valence-corrected chi connectivity index (χ4v) is 2.17. The Bertz CT molecular complexity index is 316. The maximum atomic E-state index is 5.67. The Morgan fingerprint density at radius 1 is 1.53 bits per heavy atom. The minimum Gasteiger partial charge on any atom is -0.378 e. The topological polar surface area (TPSA) is 47.3 Å². The zero-order valence-corrected chi connectivity index (χ0v) is 9.38. The average molecular weight is 210 g/mol. The molecule has 0 atom stereocenters. The van der Waals surface area contributed by atoms with Crippen LogP contribution in [-0.2, 0) is 11.2 Å². The summed E-state index contributed by atoms with van der Waals surface area (Å²) in [6, 6.07) is 1.99. The van der Waals surface area contributed by atoms with Gasteiger partial charge in [-0.05, 0) is 32.9 Å². The molecule has 2 rings (SSSR count). The van der Waals surface area contributed by atoms with Crippen LogP contribution in [0.2, 0.25) is 0 Å². The Kier molecular flexibility index (Phi) is 3.07. The zero-order chi connectivity index (χ0) is 10.7. The third kappa shape index (κ3) is 2.38. The summed E-state index contributed by atoms with van der Waals surface area (Å²) in [7, 11) is 1.79. The number of hydrogen-bond donors (Lipinski definition) is 1. The molecule has 4 nitrogen and oxygen atoms in total. The van der Waals surface area contributed by atoms with Crippen molar-refractivity contribution < 1.29 is 9.26 Å². The molecule has 1 fully saturated rings. The number of rotatable bonds is 3. The molecule has 0 saturated carbocycles. The summed E-state index contributed by atoms with van der Waals surface area (Å²) >= 11 is 0. The average Bonchev–Trinajstić information content (AvgIpc) is 2.65. The molecular weight excluding hydrogens is 192 g/mol.